The van der Waals surface area contributed by atoms with E-state index in [0.717, 1.165) is 6.08 Å². The fourth-order valence-corrected chi connectivity index (χ4v) is 2.89. The van der Waals surface area contributed by atoms with Gasteiger partial charge in [-0.15, -0.1) is 0 Å². The van der Waals surface area contributed by atoms with E-state index < -0.39 is 11.4 Å². The van der Waals surface area contributed by atoms with Gasteiger partial charge in [-0.05, 0) is 50.0 Å². The Hall–Kier alpha value is -3.28. The lowest BCUT2D eigenvalue weighted by molar-refractivity contribution is -0.123. The minimum absolute atomic E-state index is 0.0708. The highest BCUT2D eigenvalue weighted by Crippen LogP contribution is 2.11. The first kappa shape index (κ1) is 33.7. The van der Waals surface area contributed by atoms with Crippen LogP contribution in [0.25, 0.3) is 0 Å². The van der Waals surface area contributed by atoms with Gasteiger partial charge in [-0.25, -0.2) is 0 Å². The minimum Gasteiger partial charge on any atom is -0.379 e. The predicted octanol–water partition coefficient (Wildman–Crippen LogP) is 0.544. The first-order valence-corrected chi connectivity index (χ1v) is 12.2. The predicted molar refractivity (Wildman–Crippen MR) is 142 cm³/mol. The quantitative estimate of drug-likeness (QED) is 0.107. The number of rotatable bonds is 24. The molecule has 4 amide bonds. The number of unbranched alkanes of at least 4 members (excludes halogenated alkanes) is 2. The Morgan fingerprint density at radius 1 is 0.541 bits per heavy atom. The summed E-state index contributed by atoms with van der Waals surface area (Å²) in [4.78, 5) is 45.9. The molecule has 0 bridgehead atoms. The highest BCUT2D eigenvalue weighted by molar-refractivity contribution is 5.88. The molecule has 0 atom stereocenters. The number of amides is 4. The molecule has 0 aromatic heterocycles. The molecule has 0 aliphatic heterocycles. The second-order valence-corrected chi connectivity index (χ2v) is 8.03. The van der Waals surface area contributed by atoms with Crippen LogP contribution >= 0.6 is 0 Å². The van der Waals surface area contributed by atoms with Crippen LogP contribution in [0.2, 0.25) is 0 Å². The van der Waals surface area contributed by atoms with Crippen molar-refractivity contribution in [2.24, 2.45) is 0 Å². The lowest BCUT2D eigenvalue weighted by atomic mass is 10.0. The molecule has 0 aliphatic rings. The molecule has 11 heteroatoms. The van der Waals surface area contributed by atoms with E-state index >= 15 is 0 Å². The number of carbonyl (C=O) groups excluding carboxylic acids is 4. The molecule has 0 aliphatic carbocycles. The number of hydrogen-bond acceptors (Lipinski definition) is 7. The lowest BCUT2D eigenvalue weighted by Gasteiger charge is -2.34. The standard InChI is InChI=1S/C26H42N4O7/c1-5-22(31)27-13-9-11-16-35-19-26(30-25(34)8-4,21-37-18-15-29-24(33)7-3)20-36-17-12-10-14-28-23(32)6-2/h5-8H,1-4,9-21H2,(H,27,31)(H,28,32)(H,29,33)(H,30,34). The van der Waals surface area contributed by atoms with Gasteiger partial charge in [0.15, 0.2) is 0 Å². The first-order chi connectivity index (χ1) is 17.8. The molecule has 0 saturated carbocycles. The van der Waals surface area contributed by atoms with Gasteiger partial charge < -0.3 is 35.5 Å². The summed E-state index contributed by atoms with van der Waals surface area (Å²) in [5, 5.41) is 10.9. The van der Waals surface area contributed by atoms with Crippen molar-refractivity contribution >= 4 is 23.6 Å². The van der Waals surface area contributed by atoms with E-state index in [1.54, 1.807) is 0 Å². The van der Waals surface area contributed by atoms with Crippen LogP contribution in [0.5, 0.6) is 0 Å². The second kappa shape index (κ2) is 22.0. The molecule has 37 heavy (non-hydrogen) atoms. The zero-order chi connectivity index (χ0) is 27.8. The smallest absolute Gasteiger partial charge is 0.244 e. The van der Waals surface area contributed by atoms with Crippen molar-refractivity contribution in [2.75, 3.05) is 59.3 Å². The Bertz CT molecular complexity index is 721. The molecule has 0 unspecified atom stereocenters. The molecule has 0 spiro atoms. The molecule has 0 heterocycles. The molecule has 0 saturated heterocycles. The number of carbonyl (C=O) groups is 4. The molecule has 0 rings (SSSR count). The van der Waals surface area contributed by atoms with Crippen LogP contribution in [0.3, 0.4) is 0 Å². The lowest BCUT2D eigenvalue weighted by Crippen LogP contribution is -2.58. The van der Waals surface area contributed by atoms with Crippen molar-refractivity contribution in [3.63, 3.8) is 0 Å². The Kier molecular flexibility index (Phi) is 20.0. The van der Waals surface area contributed by atoms with Gasteiger partial charge in [-0.2, -0.15) is 0 Å². The van der Waals surface area contributed by atoms with Gasteiger partial charge in [-0.3, -0.25) is 19.2 Å². The van der Waals surface area contributed by atoms with Crippen LogP contribution in [-0.4, -0.2) is 88.4 Å². The molecule has 208 valence electrons. The van der Waals surface area contributed by atoms with Crippen LogP contribution in [0, 0.1) is 0 Å². The maximum Gasteiger partial charge on any atom is 0.244 e. The Labute approximate surface area is 219 Å². The largest absolute Gasteiger partial charge is 0.379 e. The van der Waals surface area contributed by atoms with Crippen LogP contribution in [0.4, 0.5) is 0 Å². The van der Waals surface area contributed by atoms with E-state index in [-0.39, 0.29) is 50.7 Å². The van der Waals surface area contributed by atoms with Crippen LogP contribution in [0.1, 0.15) is 25.7 Å². The van der Waals surface area contributed by atoms with E-state index in [4.69, 9.17) is 14.2 Å². The maximum atomic E-state index is 12.2. The maximum absolute atomic E-state index is 12.2. The van der Waals surface area contributed by atoms with E-state index in [1.165, 1.54) is 18.2 Å². The molecule has 4 N–H and O–H groups in total. The molecular weight excluding hydrogens is 480 g/mol. The van der Waals surface area contributed by atoms with Gasteiger partial charge in [0.25, 0.3) is 0 Å². The van der Waals surface area contributed by atoms with E-state index in [9.17, 15) is 19.2 Å². The monoisotopic (exact) mass is 522 g/mol. The summed E-state index contributed by atoms with van der Waals surface area (Å²) in [6.45, 7) is 16.3. The third-order valence-electron chi connectivity index (χ3n) is 4.84. The average molecular weight is 523 g/mol. The number of nitrogens with one attached hydrogen (secondary N) is 4. The fourth-order valence-electron chi connectivity index (χ4n) is 2.89. The number of hydrogen-bond donors (Lipinski definition) is 4. The number of ether oxygens (including phenoxy) is 3. The normalized spacial score (nSPS) is 10.6. The van der Waals surface area contributed by atoms with Crippen molar-refractivity contribution in [3.05, 3.63) is 50.6 Å². The van der Waals surface area contributed by atoms with Gasteiger partial charge in [0.1, 0.15) is 5.54 Å². The second-order valence-electron chi connectivity index (χ2n) is 8.03. The van der Waals surface area contributed by atoms with E-state index in [2.05, 4.69) is 47.6 Å². The van der Waals surface area contributed by atoms with Crippen LogP contribution in [-0.2, 0) is 33.4 Å². The molecule has 0 fully saturated rings. The zero-order valence-electron chi connectivity index (χ0n) is 21.7. The molecule has 0 aromatic rings. The third-order valence-corrected chi connectivity index (χ3v) is 4.84. The summed E-state index contributed by atoms with van der Waals surface area (Å²) in [7, 11) is 0. The van der Waals surface area contributed by atoms with E-state index in [0.29, 0.717) is 52.0 Å². The summed E-state index contributed by atoms with van der Waals surface area (Å²) in [5.74, 6) is -1.17. The van der Waals surface area contributed by atoms with Gasteiger partial charge in [-0.1, -0.05) is 26.3 Å². The van der Waals surface area contributed by atoms with Gasteiger partial charge in [0, 0.05) is 32.8 Å². The van der Waals surface area contributed by atoms with Crippen molar-refractivity contribution in [1.82, 2.24) is 21.3 Å². The molecular formula is C26H42N4O7. The minimum atomic E-state index is -0.998. The summed E-state index contributed by atoms with van der Waals surface area (Å²) in [5.41, 5.74) is -0.998. The summed E-state index contributed by atoms with van der Waals surface area (Å²) in [6, 6.07) is 0. The van der Waals surface area contributed by atoms with Crippen LogP contribution < -0.4 is 21.3 Å². The summed E-state index contributed by atoms with van der Waals surface area (Å²) >= 11 is 0. The Balaban J connectivity index is 4.88. The van der Waals surface area contributed by atoms with Crippen molar-refractivity contribution < 1.29 is 33.4 Å². The van der Waals surface area contributed by atoms with E-state index in [1.807, 2.05) is 0 Å². The molecule has 0 radical (unpaired) electrons. The highest BCUT2D eigenvalue weighted by atomic mass is 16.5. The van der Waals surface area contributed by atoms with Gasteiger partial charge >= 0.3 is 0 Å². The topological polar surface area (TPSA) is 144 Å². The fraction of sp³-hybridized carbons (Fsp3) is 0.538. The SMILES string of the molecule is C=CC(=O)NCCCCOCC(COCCCCNC(=O)C=C)(COCCNC(=O)C=C)NC(=O)C=C. The van der Waals surface area contributed by atoms with Gasteiger partial charge in [0.05, 0.1) is 26.4 Å². The Morgan fingerprint density at radius 3 is 1.32 bits per heavy atom. The molecule has 0 aromatic carbocycles. The average Bonchev–Trinajstić information content (AvgIpc) is 2.90. The van der Waals surface area contributed by atoms with Crippen molar-refractivity contribution in [2.45, 2.75) is 31.2 Å². The van der Waals surface area contributed by atoms with Crippen LogP contribution in [0.15, 0.2) is 50.6 Å². The zero-order valence-corrected chi connectivity index (χ0v) is 21.7. The van der Waals surface area contributed by atoms with Gasteiger partial charge in [0.2, 0.25) is 23.6 Å². The Morgan fingerprint density at radius 2 is 0.919 bits per heavy atom. The third kappa shape index (κ3) is 18.6. The molecule has 11 nitrogen and oxygen atoms in total. The highest BCUT2D eigenvalue weighted by Gasteiger charge is 2.33. The first-order valence-electron chi connectivity index (χ1n) is 12.2. The van der Waals surface area contributed by atoms with Crippen molar-refractivity contribution in [3.8, 4) is 0 Å². The van der Waals surface area contributed by atoms with Crippen molar-refractivity contribution in [1.29, 1.82) is 0 Å². The summed E-state index contributed by atoms with van der Waals surface area (Å²) in [6.07, 6.45) is 7.56. The summed E-state index contributed by atoms with van der Waals surface area (Å²) < 4.78 is 17.4.